The van der Waals surface area contributed by atoms with Crippen LogP contribution in [0.4, 0.5) is 13.2 Å². The van der Waals surface area contributed by atoms with Crippen LogP contribution >= 0.6 is 0 Å². The molecule has 0 aromatic heterocycles. The fourth-order valence-corrected chi connectivity index (χ4v) is 1.54. The average Bonchev–Trinajstić information content (AvgIpc) is 2.41. The van der Waals surface area contributed by atoms with Crippen molar-refractivity contribution in [1.82, 2.24) is 5.32 Å². The Morgan fingerprint density at radius 2 is 1.68 bits per heavy atom. The molecule has 0 aliphatic heterocycles. The van der Waals surface area contributed by atoms with Crippen molar-refractivity contribution >= 4 is 5.91 Å². The van der Waals surface area contributed by atoms with Gasteiger partial charge >= 0.3 is 0 Å². The van der Waals surface area contributed by atoms with Gasteiger partial charge in [0, 0.05) is 17.6 Å². The van der Waals surface area contributed by atoms with E-state index in [9.17, 15) is 18.0 Å². The summed E-state index contributed by atoms with van der Waals surface area (Å²) in [6, 6.07) is 1.31. The van der Waals surface area contributed by atoms with Crippen molar-refractivity contribution in [3.63, 3.8) is 0 Å². The smallest absolute Gasteiger partial charge is 0.251 e. The number of carbonyl (C=O) groups is 1. The summed E-state index contributed by atoms with van der Waals surface area (Å²) in [7, 11) is 0. The Hall–Kier alpha value is -1.56. The minimum atomic E-state index is -1.59. The molecule has 0 aliphatic rings. The number of halogens is 3. The van der Waals surface area contributed by atoms with Crippen molar-refractivity contribution < 1.29 is 18.0 Å². The fraction of sp³-hybridized carbons (Fsp3) is 0.462. The third-order valence-electron chi connectivity index (χ3n) is 3.26. The number of amides is 1. The summed E-state index contributed by atoms with van der Waals surface area (Å²) in [6.07, 6.45) is 1.30. The second kappa shape index (κ2) is 6.06. The quantitative estimate of drug-likeness (QED) is 0.810. The van der Waals surface area contributed by atoms with Crippen molar-refractivity contribution in [2.75, 3.05) is 6.54 Å². The lowest BCUT2D eigenvalue weighted by atomic mass is 9.94. The maximum Gasteiger partial charge on any atom is 0.251 e. The molecule has 0 aliphatic carbocycles. The molecule has 0 spiro atoms. The van der Waals surface area contributed by atoms with E-state index in [4.69, 9.17) is 5.73 Å². The van der Waals surface area contributed by atoms with Gasteiger partial charge in [-0.05, 0) is 25.0 Å². The Morgan fingerprint density at radius 3 is 2.11 bits per heavy atom. The van der Waals surface area contributed by atoms with Gasteiger partial charge in [-0.15, -0.1) is 0 Å². The average molecular weight is 274 g/mol. The number of benzene rings is 1. The molecule has 0 saturated heterocycles. The van der Waals surface area contributed by atoms with Crippen molar-refractivity contribution in [2.24, 2.45) is 5.73 Å². The molecule has 3 N–H and O–H groups in total. The maximum absolute atomic E-state index is 13.0. The van der Waals surface area contributed by atoms with Gasteiger partial charge in [-0.2, -0.15) is 0 Å². The molecular weight excluding hydrogens is 257 g/mol. The molecule has 0 atom stereocenters. The predicted octanol–water partition coefficient (Wildman–Crippen LogP) is 2.35. The van der Waals surface area contributed by atoms with Crippen LogP contribution in [0.5, 0.6) is 0 Å². The lowest BCUT2D eigenvalue weighted by Gasteiger charge is -2.26. The zero-order valence-corrected chi connectivity index (χ0v) is 10.9. The van der Waals surface area contributed by atoms with Crippen LogP contribution in [0.15, 0.2) is 12.1 Å². The summed E-state index contributed by atoms with van der Waals surface area (Å²) in [5.74, 6) is -5.06. The summed E-state index contributed by atoms with van der Waals surface area (Å²) < 4.78 is 38.7. The number of carbonyl (C=O) groups excluding carboxylic acids is 1. The highest BCUT2D eigenvalue weighted by Crippen LogP contribution is 2.14. The van der Waals surface area contributed by atoms with Gasteiger partial charge in [-0.25, -0.2) is 13.2 Å². The van der Waals surface area contributed by atoms with Gasteiger partial charge in [0.25, 0.3) is 5.91 Å². The molecule has 0 fully saturated rings. The third kappa shape index (κ3) is 3.70. The van der Waals surface area contributed by atoms with Crippen LogP contribution in [0.3, 0.4) is 0 Å². The van der Waals surface area contributed by atoms with Gasteiger partial charge in [-0.1, -0.05) is 13.8 Å². The molecule has 0 unspecified atom stereocenters. The molecule has 106 valence electrons. The molecule has 0 radical (unpaired) electrons. The van der Waals surface area contributed by atoms with Gasteiger partial charge in [0.05, 0.1) is 0 Å². The largest absolute Gasteiger partial charge is 0.350 e. The van der Waals surface area contributed by atoms with Crippen molar-refractivity contribution in [3.05, 3.63) is 35.1 Å². The molecular formula is C13H17F3N2O. The van der Waals surface area contributed by atoms with Gasteiger partial charge in [-0.3, -0.25) is 4.79 Å². The van der Waals surface area contributed by atoms with Crippen LogP contribution in [-0.4, -0.2) is 18.0 Å². The van der Waals surface area contributed by atoms with Crippen molar-refractivity contribution in [2.45, 2.75) is 32.2 Å². The minimum absolute atomic E-state index is 0.180. The molecule has 0 saturated carbocycles. The number of nitrogens with one attached hydrogen (secondary N) is 1. The summed E-state index contributed by atoms with van der Waals surface area (Å²) in [4.78, 5) is 11.7. The zero-order chi connectivity index (χ0) is 14.6. The second-order valence-electron chi connectivity index (χ2n) is 4.51. The van der Waals surface area contributed by atoms with Crippen LogP contribution < -0.4 is 11.1 Å². The van der Waals surface area contributed by atoms with Gasteiger partial charge in [0.1, 0.15) is 0 Å². The molecule has 0 bridgehead atoms. The lowest BCUT2D eigenvalue weighted by molar-refractivity contribution is 0.0941. The first kappa shape index (κ1) is 15.5. The Balaban J connectivity index is 2.80. The van der Waals surface area contributed by atoms with E-state index in [1.54, 1.807) is 0 Å². The molecule has 1 amide bonds. The van der Waals surface area contributed by atoms with Crippen LogP contribution in [-0.2, 0) is 0 Å². The topological polar surface area (TPSA) is 55.1 Å². The Kier molecular flexibility index (Phi) is 4.94. The van der Waals surface area contributed by atoms with Crippen LogP contribution in [0.1, 0.15) is 37.0 Å². The van der Waals surface area contributed by atoms with E-state index in [1.807, 2.05) is 13.8 Å². The van der Waals surface area contributed by atoms with E-state index >= 15 is 0 Å². The first-order valence-corrected chi connectivity index (χ1v) is 6.04. The maximum atomic E-state index is 13.0. The Morgan fingerprint density at radius 1 is 1.21 bits per heavy atom. The van der Waals surface area contributed by atoms with Crippen molar-refractivity contribution in [3.8, 4) is 0 Å². The molecule has 1 rings (SSSR count). The monoisotopic (exact) mass is 274 g/mol. The van der Waals surface area contributed by atoms with Gasteiger partial charge in [0.15, 0.2) is 17.5 Å². The number of hydrogen-bond donors (Lipinski definition) is 2. The first-order valence-electron chi connectivity index (χ1n) is 6.04. The number of hydrogen-bond acceptors (Lipinski definition) is 2. The molecule has 6 heteroatoms. The number of rotatable bonds is 5. The summed E-state index contributed by atoms with van der Waals surface area (Å²) in [5.41, 5.74) is 5.15. The highest BCUT2D eigenvalue weighted by molar-refractivity contribution is 5.94. The summed E-state index contributed by atoms with van der Waals surface area (Å²) in [5, 5.41) is 2.50. The van der Waals surface area contributed by atoms with E-state index in [-0.39, 0.29) is 12.1 Å². The molecule has 1 aromatic rings. The lowest BCUT2D eigenvalue weighted by Crippen LogP contribution is -2.49. The highest BCUT2D eigenvalue weighted by atomic mass is 19.2. The molecule has 1 aromatic carbocycles. The van der Waals surface area contributed by atoms with Crippen molar-refractivity contribution in [1.29, 1.82) is 0 Å². The van der Waals surface area contributed by atoms with Gasteiger partial charge < -0.3 is 11.1 Å². The minimum Gasteiger partial charge on any atom is -0.350 e. The van der Waals surface area contributed by atoms with E-state index in [2.05, 4.69) is 5.32 Å². The SMILES string of the molecule is CCC(N)(CC)CNC(=O)c1cc(F)c(F)c(F)c1. The Labute approximate surface area is 110 Å². The van der Waals surface area contributed by atoms with E-state index in [1.165, 1.54) is 0 Å². The molecule has 19 heavy (non-hydrogen) atoms. The third-order valence-corrected chi connectivity index (χ3v) is 3.26. The first-order chi connectivity index (χ1) is 8.83. The van der Waals surface area contributed by atoms with Gasteiger partial charge in [0.2, 0.25) is 0 Å². The van der Waals surface area contributed by atoms with Crippen LogP contribution in [0.25, 0.3) is 0 Å². The zero-order valence-electron chi connectivity index (χ0n) is 10.9. The highest BCUT2D eigenvalue weighted by Gasteiger charge is 2.22. The van der Waals surface area contributed by atoms with E-state index < -0.39 is 28.9 Å². The predicted molar refractivity (Wildman–Crippen MR) is 66.1 cm³/mol. The summed E-state index contributed by atoms with van der Waals surface area (Å²) in [6.45, 7) is 3.94. The van der Waals surface area contributed by atoms with Crippen LogP contribution in [0.2, 0.25) is 0 Å². The van der Waals surface area contributed by atoms with E-state index in [0.717, 1.165) is 0 Å². The Bertz CT molecular complexity index is 450. The molecule has 3 nitrogen and oxygen atoms in total. The van der Waals surface area contributed by atoms with Crippen LogP contribution in [0, 0.1) is 17.5 Å². The fourth-order valence-electron chi connectivity index (χ4n) is 1.54. The van der Waals surface area contributed by atoms with E-state index in [0.29, 0.717) is 25.0 Å². The number of nitrogens with two attached hydrogens (primary N) is 1. The molecule has 0 heterocycles. The second-order valence-corrected chi connectivity index (χ2v) is 4.51. The standard InChI is InChI=1S/C13H17F3N2O/c1-3-13(17,4-2)7-18-12(19)8-5-9(14)11(16)10(15)6-8/h5-6H,3-4,7,17H2,1-2H3,(H,18,19). The normalized spacial score (nSPS) is 11.5. The summed E-state index contributed by atoms with van der Waals surface area (Å²) >= 11 is 0.